The highest BCUT2D eigenvalue weighted by atomic mass is 32.2. The molecule has 0 heterocycles. The number of amides is 7. The molecule has 0 unspecified atom stereocenters. The number of nitrogens with two attached hydrogens (primary N) is 3. The molecule has 0 aliphatic carbocycles. The Balaban J connectivity index is 3.22. The highest BCUT2D eigenvalue weighted by Gasteiger charge is 2.34. The number of hydrogen-bond donors (Lipinski definition) is 9. The number of carbonyl (C=O) groups is 8. The highest BCUT2D eigenvalue weighted by molar-refractivity contribution is 7.98. The second kappa shape index (κ2) is 26.2. The molecule has 1 aromatic carbocycles. The number of carboxylic acid groups (broad SMARTS) is 1. The third-order valence-corrected chi connectivity index (χ3v) is 9.66. The zero-order valence-electron chi connectivity index (χ0n) is 33.9. The van der Waals surface area contributed by atoms with Crippen molar-refractivity contribution in [1.82, 2.24) is 31.5 Å². The van der Waals surface area contributed by atoms with E-state index in [1.165, 1.54) is 23.7 Å². The normalized spacial score (nSPS) is 14.3. The molecule has 0 saturated carbocycles. The molecule has 320 valence electrons. The summed E-state index contributed by atoms with van der Waals surface area (Å²) in [6.45, 7) is 6.92. The zero-order chi connectivity index (χ0) is 43.2. The van der Waals surface area contributed by atoms with E-state index in [0.717, 1.165) is 0 Å². The number of carbonyl (C=O) groups excluding carboxylic acids is 7. The molecule has 0 bridgehead atoms. The summed E-state index contributed by atoms with van der Waals surface area (Å²) in [4.78, 5) is 105. The van der Waals surface area contributed by atoms with E-state index in [2.05, 4.69) is 26.6 Å². The maximum atomic E-state index is 13.9. The molecule has 0 radical (unpaired) electrons. The number of benzene rings is 1. The van der Waals surface area contributed by atoms with Gasteiger partial charge in [0.15, 0.2) is 0 Å². The standard InChI is InChI=1S/C38H63N9O9S/c1-22(2)18-29(37(55)43-26(33(41)51)15-17-57-6)47(5)30(48)21-42-38(56)32(23(3)4)46-36(54)28(19-24-12-8-7-9-13-24)45-35(53)27(14-10-11-16-39)44-34(52)25(40)20-31(49)50/h7-9,12-13,22-23,25-29,32H,10-11,14-21,39-40H2,1-6H3,(H2,41,51)(H,42,56)(H,43,55)(H,44,52)(H,45,53)(H,46,54)(H,49,50)/t25-,26-,27-,28-,29-,32-/m0/s1. The third kappa shape index (κ3) is 18.8. The van der Waals surface area contributed by atoms with E-state index in [1.54, 1.807) is 44.2 Å². The SMILES string of the molecule is CSCC[C@H](NC(=O)[C@H](CC(C)C)N(C)C(=O)CNC(=O)[C@@H](NC(=O)[C@H](Cc1ccccc1)NC(=O)[C@H](CCCCN)NC(=O)[C@@H](N)CC(=O)O)C(C)C)C(N)=O. The lowest BCUT2D eigenvalue weighted by Gasteiger charge is -2.30. The molecule has 1 aromatic rings. The van der Waals surface area contributed by atoms with Gasteiger partial charge in [0.1, 0.15) is 30.2 Å². The minimum absolute atomic E-state index is 0.00329. The first-order valence-corrected chi connectivity index (χ1v) is 20.5. The Bertz CT molecular complexity index is 1500. The van der Waals surface area contributed by atoms with Crippen LogP contribution in [-0.4, -0.2) is 126 Å². The summed E-state index contributed by atoms with van der Waals surface area (Å²) in [5.41, 5.74) is 17.5. The molecule has 57 heavy (non-hydrogen) atoms. The number of nitrogens with zero attached hydrogens (tertiary/aromatic N) is 1. The van der Waals surface area contributed by atoms with Crippen molar-refractivity contribution in [2.45, 2.75) is 109 Å². The van der Waals surface area contributed by atoms with Gasteiger partial charge in [0.25, 0.3) is 0 Å². The van der Waals surface area contributed by atoms with Gasteiger partial charge in [-0.25, -0.2) is 0 Å². The van der Waals surface area contributed by atoms with Crippen LogP contribution in [0, 0.1) is 11.8 Å². The monoisotopic (exact) mass is 821 g/mol. The summed E-state index contributed by atoms with van der Waals surface area (Å²) in [6, 6.07) is 1.89. The Morgan fingerprint density at radius 2 is 1.39 bits per heavy atom. The van der Waals surface area contributed by atoms with Crippen LogP contribution < -0.4 is 43.8 Å². The third-order valence-electron chi connectivity index (χ3n) is 9.02. The fourth-order valence-corrected chi connectivity index (χ4v) is 6.16. The van der Waals surface area contributed by atoms with Crippen molar-refractivity contribution in [3.63, 3.8) is 0 Å². The van der Waals surface area contributed by atoms with E-state index >= 15 is 0 Å². The van der Waals surface area contributed by atoms with Gasteiger partial charge in [-0.2, -0.15) is 11.8 Å². The fourth-order valence-electron chi connectivity index (χ4n) is 5.69. The van der Waals surface area contributed by atoms with E-state index in [0.29, 0.717) is 37.1 Å². The van der Waals surface area contributed by atoms with Crippen LogP contribution in [0.2, 0.25) is 0 Å². The van der Waals surface area contributed by atoms with Crippen LogP contribution in [0.15, 0.2) is 30.3 Å². The fraction of sp³-hybridized carbons (Fsp3) is 0.632. The molecule has 19 heteroatoms. The smallest absolute Gasteiger partial charge is 0.305 e. The Hall–Kier alpha value is -4.75. The second-order valence-corrected chi connectivity index (χ2v) is 15.6. The molecule has 0 fully saturated rings. The first-order valence-electron chi connectivity index (χ1n) is 19.1. The average Bonchev–Trinajstić information content (AvgIpc) is 3.14. The van der Waals surface area contributed by atoms with Crippen LogP contribution in [0.4, 0.5) is 0 Å². The van der Waals surface area contributed by atoms with E-state index in [4.69, 9.17) is 22.3 Å². The van der Waals surface area contributed by atoms with Crippen molar-refractivity contribution >= 4 is 59.1 Å². The lowest BCUT2D eigenvalue weighted by atomic mass is 10.00. The van der Waals surface area contributed by atoms with Gasteiger partial charge in [-0.05, 0) is 68.1 Å². The molecule has 12 N–H and O–H groups in total. The second-order valence-electron chi connectivity index (χ2n) is 14.6. The van der Waals surface area contributed by atoms with E-state index in [-0.39, 0.29) is 25.2 Å². The van der Waals surface area contributed by atoms with Gasteiger partial charge >= 0.3 is 5.97 Å². The maximum Gasteiger partial charge on any atom is 0.305 e. The van der Waals surface area contributed by atoms with E-state index in [9.17, 15) is 38.4 Å². The number of thioether (sulfide) groups is 1. The van der Waals surface area contributed by atoms with Gasteiger partial charge in [-0.1, -0.05) is 58.0 Å². The Morgan fingerprint density at radius 1 is 0.789 bits per heavy atom. The van der Waals surface area contributed by atoms with E-state index in [1.807, 2.05) is 20.1 Å². The van der Waals surface area contributed by atoms with Crippen LogP contribution in [0.25, 0.3) is 0 Å². The summed E-state index contributed by atoms with van der Waals surface area (Å²) in [7, 11) is 1.42. The van der Waals surface area contributed by atoms with Crippen LogP contribution in [0.1, 0.15) is 71.8 Å². The van der Waals surface area contributed by atoms with E-state index < -0.39 is 102 Å². The number of carboxylic acids is 1. The number of rotatable bonds is 27. The number of likely N-dealkylation sites (N-methyl/N-ethyl adjacent to an activating group) is 1. The Labute approximate surface area is 339 Å². The molecule has 0 saturated heterocycles. The number of hydrogen-bond acceptors (Lipinski definition) is 11. The summed E-state index contributed by atoms with van der Waals surface area (Å²) in [5.74, 6) is -6.07. The molecule has 0 aromatic heterocycles. The van der Waals surface area contributed by atoms with Crippen molar-refractivity contribution in [2.75, 3.05) is 32.1 Å². The molecule has 1 rings (SSSR count). The number of unbranched alkanes of at least 4 members (excludes halogenated alkanes) is 1. The van der Waals surface area contributed by atoms with Gasteiger partial charge in [-0.15, -0.1) is 0 Å². The topological polar surface area (TPSA) is 298 Å². The van der Waals surface area contributed by atoms with Gasteiger partial charge in [0.2, 0.25) is 41.4 Å². The molecular weight excluding hydrogens is 759 g/mol. The van der Waals surface area contributed by atoms with Crippen LogP contribution in [0.3, 0.4) is 0 Å². The zero-order valence-corrected chi connectivity index (χ0v) is 34.7. The van der Waals surface area contributed by atoms with Gasteiger partial charge in [-0.3, -0.25) is 38.4 Å². The summed E-state index contributed by atoms with van der Waals surface area (Å²) in [6.07, 6.45) is 2.86. The number of primary amides is 1. The predicted octanol–water partition coefficient (Wildman–Crippen LogP) is -1.02. The molecule has 18 nitrogen and oxygen atoms in total. The largest absolute Gasteiger partial charge is 0.481 e. The summed E-state index contributed by atoms with van der Waals surface area (Å²) >= 11 is 1.49. The highest BCUT2D eigenvalue weighted by Crippen LogP contribution is 2.13. The van der Waals surface area contributed by atoms with Gasteiger partial charge < -0.3 is 53.8 Å². The van der Waals surface area contributed by atoms with Crippen molar-refractivity contribution < 1.29 is 43.5 Å². The van der Waals surface area contributed by atoms with Gasteiger partial charge in [0.05, 0.1) is 19.0 Å². The van der Waals surface area contributed by atoms with Gasteiger partial charge in [0, 0.05) is 13.5 Å². The molecule has 0 aliphatic rings. The van der Waals surface area contributed by atoms with Crippen LogP contribution in [0.5, 0.6) is 0 Å². The predicted molar refractivity (Wildman–Crippen MR) is 217 cm³/mol. The Morgan fingerprint density at radius 3 is 1.93 bits per heavy atom. The maximum absolute atomic E-state index is 13.9. The molecular formula is C38H63N9O9S. The minimum Gasteiger partial charge on any atom is -0.481 e. The average molecular weight is 822 g/mol. The van der Waals surface area contributed by atoms with Crippen molar-refractivity contribution in [3.05, 3.63) is 35.9 Å². The Kier molecular flexibility index (Phi) is 23.1. The first-order chi connectivity index (χ1) is 26.8. The molecule has 0 aliphatic heterocycles. The molecule has 0 spiro atoms. The van der Waals surface area contributed by atoms with Crippen LogP contribution >= 0.6 is 11.8 Å². The molecule has 6 atom stereocenters. The number of aliphatic carboxylic acids is 1. The quantitative estimate of drug-likeness (QED) is 0.0482. The number of nitrogens with one attached hydrogen (secondary N) is 5. The first kappa shape index (κ1) is 50.3. The molecule has 7 amide bonds. The lowest BCUT2D eigenvalue weighted by Crippen LogP contribution is -2.59. The lowest BCUT2D eigenvalue weighted by molar-refractivity contribution is -0.141. The minimum atomic E-state index is -1.42. The van der Waals surface area contributed by atoms with Crippen molar-refractivity contribution in [2.24, 2.45) is 29.0 Å². The van der Waals surface area contributed by atoms with Crippen molar-refractivity contribution in [3.8, 4) is 0 Å². The van der Waals surface area contributed by atoms with Crippen LogP contribution in [-0.2, 0) is 44.8 Å². The van der Waals surface area contributed by atoms with Crippen molar-refractivity contribution in [1.29, 1.82) is 0 Å². The summed E-state index contributed by atoms with van der Waals surface area (Å²) < 4.78 is 0. The summed E-state index contributed by atoms with van der Waals surface area (Å²) in [5, 5.41) is 22.1.